The first kappa shape index (κ1) is 26.4. The highest BCUT2D eigenvalue weighted by Crippen LogP contribution is 2.38. The minimum atomic E-state index is -4.18. The van der Waals surface area contributed by atoms with Crippen molar-refractivity contribution < 1.29 is 37.0 Å². The minimum Gasteiger partial charge on any atom is -0.495 e. The zero-order chi connectivity index (χ0) is 26.7. The molecule has 0 radical (unpaired) electrons. The first-order valence-electron chi connectivity index (χ1n) is 11.6. The number of benzene rings is 1. The number of sulfonamides is 1. The van der Waals surface area contributed by atoms with Crippen molar-refractivity contribution in [2.45, 2.75) is 23.8 Å². The lowest BCUT2D eigenvalue weighted by Crippen LogP contribution is -2.44. The van der Waals surface area contributed by atoms with Crippen molar-refractivity contribution in [1.29, 1.82) is 0 Å². The van der Waals surface area contributed by atoms with Crippen LogP contribution >= 0.6 is 0 Å². The number of hydrogen-bond donors (Lipinski definition) is 1. The Morgan fingerprint density at radius 1 is 1.11 bits per heavy atom. The SMILES string of the molecule is COC(=O)C1c2cc(S(=O)(=O)N3CCCNC(=O)C3)c(OC)cc2CCN1C(=O)c1ccc(OC)nc1. The molecule has 1 aromatic carbocycles. The first-order chi connectivity index (χ1) is 17.7. The van der Waals surface area contributed by atoms with Crippen molar-refractivity contribution in [3.05, 3.63) is 47.2 Å². The summed E-state index contributed by atoms with van der Waals surface area (Å²) in [6.07, 6.45) is 2.14. The van der Waals surface area contributed by atoms with E-state index >= 15 is 0 Å². The molecule has 1 N–H and O–H groups in total. The molecular formula is C24H28N4O8S. The normalized spacial score (nSPS) is 18.3. The number of esters is 1. The largest absolute Gasteiger partial charge is 0.495 e. The number of carbonyl (C=O) groups excluding carboxylic acids is 3. The summed E-state index contributed by atoms with van der Waals surface area (Å²) in [6, 6.07) is 4.78. The summed E-state index contributed by atoms with van der Waals surface area (Å²) < 4.78 is 43.8. The average Bonchev–Trinajstić information content (AvgIpc) is 3.15. The molecule has 4 rings (SSSR count). The topological polar surface area (TPSA) is 144 Å². The molecule has 0 spiro atoms. The van der Waals surface area contributed by atoms with E-state index in [0.717, 1.165) is 4.31 Å². The number of aromatic nitrogens is 1. The summed E-state index contributed by atoms with van der Waals surface area (Å²) in [4.78, 5) is 43.7. The Kier molecular flexibility index (Phi) is 7.64. The fraction of sp³-hybridized carbons (Fsp3) is 0.417. The highest BCUT2D eigenvalue weighted by Gasteiger charge is 2.40. The smallest absolute Gasteiger partial charge is 0.333 e. The van der Waals surface area contributed by atoms with Crippen LogP contribution in [0.5, 0.6) is 11.6 Å². The molecule has 1 aromatic heterocycles. The molecule has 12 nitrogen and oxygen atoms in total. The maximum atomic E-state index is 13.6. The van der Waals surface area contributed by atoms with Crippen molar-refractivity contribution in [1.82, 2.24) is 19.5 Å². The van der Waals surface area contributed by atoms with Crippen LogP contribution in [0.25, 0.3) is 0 Å². The number of nitrogens with zero attached hydrogens (tertiary/aromatic N) is 3. The second-order valence-corrected chi connectivity index (χ2v) is 10.4. The van der Waals surface area contributed by atoms with Crippen molar-refractivity contribution >= 4 is 27.8 Å². The lowest BCUT2D eigenvalue weighted by atomic mass is 9.91. The van der Waals surface area contributed by atoms with E-state index in [2.05, 4.69) is 10.3 Å². The Bertz CT molecular complexity index is 1310. The Hall–Kier alpha value is -3.71. The Balaban J connectivity index is 1.79. The molecule has 2 aliphatic rings. The number of carbonyl (C=O) groups is 3. The number of fused-ring (bicyclic) bond motifs is 1. The molecule has 2 aromatic rings. The van der Waals surface area contributed by atoms with Gasteiger partial charge in [-0.2, -0.15) is 4.31 Å². The van der Waals surface area contributed by atoms with E-state index in [0.29, 0.717) is 36.4 Å². The van der Waals surface area contributed by atoms with Gasteiger partial charge in [-0.3, -0.25) is 9.59 Å². The molecule has 198 valence electrons. The van der Waals surface area contributed by atoms with Crippen LogP contribution in [0.4, 0.5) is 0 Å². The lowest BCUT2D eigenvalue weighted by Gasteiger charge is -2.36. The predicted octanol–water partition coefficient (Wildman–Crippen LogP) is 0.522. The third-order valence-electron chi connectivity index (χ3n) is 6.38. The number of pyridine rings is 1. The van der Waals surface area contributed by atoms with Crippen LogP contribution in [0.3, 0.4) is 0 Å². The number of nitrogens with one attached hydrogen (secondary N) is 1. The molecule has 2 aliphatic heterocycles. The molecule has 0 aliphatic carbocycles. The van der Waals surface area contributed by atoms with Crippen LogP contribution in [-0.2, 0) is 30.8 Å². The van der Waals surface area contributed by atoms with Gasteiger partial charge in [0.25, 0.3) is 5.91 Å². The van der Waals surface area contributed by atoms with Gasteiger partial charge in [0.2, 0.25) is 21.8 Å². The van der Waals surface area contributed by atoms with Crippen LogP contribution in [-0.4, -0.2) is 87.9 Å². The maximum absolute atomic E-state index is 13.6. The molecule has 2 amide bonds. The Morgan fingerprint density at radius 2 is 1.89 bits per heavy atom. The van der Waals surface area contributed by atoms with E-state index in [1.165, 1.54) is 50.6 Å². The first-order valence-corrected chi connectivity index (χ1v) is 13.0. The van der Waals surface area contributed by atoms with Gasteiger partial charge in [0, 0.05) is 31.9 Å². The second kappa shape index (κ2) is 10.7. The van der Waals surface area contributed by atoms with E-state index in [1.807, 2.05) is 0 Å². The highest BCUT2D eigenvalue weighted by molar-refractivity contribution is 7.89. The number of amides is 2. The summed E-state index contributed by atoms with van der Waals surface area (Å²) in [6.45, 7) is 0.349. The standard InChI is InChI=1S/C24H28N4O8S/c1-34-18-11-15-7-10-28(23(30)16-5-6-21(35-2)26-13-16)22(24(31)36-3)17(15)12-19(18)37(32,33)27-9-4-8-25-20(29)14-27/h5-6,11-13,22H,4,7-10,14H2,1-3H3,(H,25,29). The van der Waals surface area contributed by atoms with E-state index in [-0.39, 0.29) is 35.8 Å². The zero-order valence-corrected chi connectivity index (χ0v) is 21.5. The number of ether oxygens (including phenoxy) is 3. The van der Waals surface area contributed by atoms with Gasteiger partial charge in [0.05, 0.1) is 33.4 Å². The molecule has 1 saturated heterocycles. The van der Waals surface area contributed by atoms with E-state index in [9.17, 15) is 22.8 Å². The minimum absolute atomic E-state index is 0.0890. The highest BCUT2D eigenvalue weighted by atomic mass is 32.2. The van der Waals surface area contributed by atoms with Gasteiger partial charge in [-0.15, -0.1) is 0 Å². The van der Waals surface area contributed by atoms with Crippen LogP contribution in [0.1, 0.15) is 33.9 Å². The van der Waals surface area contributed by atoms with Gasteiger partial charge in [0.1, 0.15) is 10.6 Å². The van der Waals surface area contributed by atoms with Gasteiger partial charge in [-0.1, -0.05) is 0 Å². The Morgan fingerprint density at radius 3 is 2.54 bits per heavy atom. The van der Waals surface area contributed by atoms with Gasteiger partial charge in [-0.25, -0.2) is 18.2 Å². The van der Waals surface area contributed by atoms with Crippen molar-refractivity contribution in [3.63, 3.8) is 0 Å². The summed E-state index contributed by atoms with van der Waals surface area (Å²) in [5, 5.41) is 2.65. The average molecular weight is 533 g/mol. The third kappa shape index (κ3) is 5.09. The summed E-state index contributed by atoms with van der Waals surface area (Å²) in [7, 11) is -0.175. The fourth-order valence-electron chi connectivity index (χ4n) is 4.49. The van der Waals surface area contributed by atoms with Crippen LogP contribution in [0.15, 0.2) is 35.4 Å². The molecular weight excluding hydrogens is 504 g/mol. The van der Waals surface area contributed by atoms with E-state index in [4.69, 9.17) is 14.2 Å². The van der Waals surface area contributed by atoms with Crippen molar-refractivity contribution in [2.24, 2.45) is 0 Å². The quantitative estimate of drug-likeness (QED) is 0.527. The summed E-state index contributed by atoms with van der Waals surface area (Å²) in [5.74, 6) is -1.19. The van der Waals surface area contributed by atoms with Gasteiger partial charge >= 0.3 is 5.97 Å². The van der Waals surface area contributed by atoms with Crippen LogP contribution in [0.2, 0.25) is 0 Å². The predicted molar refractivity (Wildman–Crippen MR) is 130 cm³/mol. The zero-order valence-electron chi connectivity index (χ0n) is 20.7. The molecule has 1 atom stereocenters. The summed E-state index contributed by atoms with van der Waals surface area (Å²) in [5.41, 5.74) is 1.19. The second-order valence-electron chi connectivity index (χ2n) is 8.51. The molecule has 0 bridgehead atoms. The third-order valence-corrected chi connectivity index (χ3v) is 8.24. The molecule has 0 saturated carbocycles. The summed E-state index contributed by atoms with van der Waals surface area (Å²) >= 11 is 0. The maximum Gasteiger partial charge on any atom is 0.333 e. The Labute approximate surface area is 214 Å². The van der Waals surface area contributed by atoms with E-state index in [1.54, 1.807) is 6.07 Å². The van der Waals surface area contributed by atoms with Crippen molar-refractivity contribution in [2.75, 3.05) is 47.5 Å². The molecule has 13 heteroatoms. The molecule has 1 fully saturated rings. The van der Waals surface area contributed by atoms with E-state index < -0.39 is 33.8 Å². The number of methoxy groups -OCH3 is 3. The fourth-order valence-corrected chi connectivity index (χ4v) is 6.10. The van der Waals surface area contributed by atoms with Crippen molar-refractivity contribution in [3.8, 4) is 11.6 Å². The van der Waals surface area contributed by atoms with Gasteiger partial charge in [0.15, 0.2) is 6.04 Å². The van der Waals surface area contributed by atoms with Gasteiger partial charge in [-0.05, 0) is 42.2 Å². The van der Waals surface area contributed by atoms with Gasteiger partial charge < -0.3 is 24.4 Å². The lowest BCUT2D eigenvalue weighted by molar-refractivity contribution is -0.146. The molecule has 37 heavy (non-hydrogen) atoms. The molecule has 3 heterocycles. The van der Waals surface area contributed by atoms with Crippen LogP contribution in [0, 0.1) is 0 Å². The number of rotatable bonds is 6. The van der Waals surface area contributed by atoms with Crippen LogP contribution < -0.4 is 14.8 Å². The molecule has 1 unspecified atom stereocenters. The monoisotopic (exact) mass is 532 g/mol. The number of hydrogen-bond acceptors (Lipinski definition) is 9.